The summed E-state index contributed by atoms with van der Waals surface area (Å²) in [5, 5.41) is 0.520. The maximum absolute atomic E-state index is 12.8. The van der Waals surface area contributed by atoms with Gasteiger partial charge in [0.25, 0.3) is 0 Å². The third kappa shape index (κ3) is 6.28. The van der Waals surface area contributed by atoms with Gasteiger partial charge in [0.05, 0.1) is 17.5 Å². The van der Waals surface area contributed by atoms with Crippen LogP contribution < -0.4 is 9.80 Å². The van der Waals surface area contributed by atoms with Crippen LogP contribution in [-0.2, 0) is 27.5 Å². The van der Waals surface area contributed by atoms with Crippen molar-refractivity contribution in [1.29, 1.82) is 0 Å². The lowest BCUT2D eigenvalue weighted by Crippen LogP contribution is -2.38. The number of amides is 1. The number of rotatable bonds is 7. The van der Waals surface area contributed by atoms with Gasteiger partial charge in [0.1, 0.15) is 0 Å². The topological polar surface area (TPSA) is 70.0 Å². The quantitative estimate of drug-likeness (QED) is 0.378. The molecule has 0 bridgehead atoms. The van der Waals surface area contributed by atoms with Crippen molar-refractivity contribution >= 4 is 44.0 Å². The lowest BCUT2D eigenvalue weighted by Gasteiger charge is -2.34. The Bertz CT molecular complexity index is 1450. The number of aryl methyl sites for hydroxylation is 1. The molecule has 3 fully saturated rings. The second kappa shape index (κ2) is 11.8. The number of sulfone groups is 1. The molecular weight excluding hydrogens is 539 g/mol. The number of hydrogen-bond acceptors (Lipinski definition) is 5. The average Bonchev–Trinajstić information content (AvgIpc) is 3.44. The molecule has 3 aliphatic rings. The first-order valence-corrected chi connectivity index (χ1v) is 16.8. The summed E-state index contributed by atoms with van der Waals surface area (Å²) < 4.78 is 24.9. The van der Waals surface area contributed by atoms with Gasteiger partial charge in [-0.25, -0.2) is 8.42 Å². The Balaban J connectivity index is 1.14. The highest BCUT2D eigenvalue weighted by atomic mass is 32.2. The van der Waals surface area contributed by atoms with E-state index in [0.29, 0.717) is 23.9 Å². The van der Waals surface area contributed by atoms with Crippen molar-refractivity contribution in [3.8, 4) is 0 Å². The van der Waals surface area contributed by atoms with Crippen molar-refractivity contribution < 1.29 is 13.2 Å². The second-order valence-electron chi connectivity index (χ2n) is 11.1. The van der Waals surface area contributed by atoms with Crippen LogP contribution in [0.3, 0.4) is 0 Å². The molecule has 0 N–H and O–H groups in total. The van der Waals surface area contributed by atoms with E-state index in [0.717, 1.165) is 30.8 Å². The molecule has 0 saturated carbocycles. The molecule has 8 heteroatoms. The minimum absolute atomic E-state index is 0.0958. The number of fused-ring (bicyclic) bond motifs is 1. The summed E-state index contributed by atoms with van der Waals surface area (Å²) in [7, 11) is -3.11. The van der Waals surface area contributed by atoms with E-state index in [4.69, 9.17) is 0 Å². The second-order valence-corrected chi connectivity index (χ2v) is 14.4. The Labute approximate surface area is 241 Å². The normalized spacial score (nSPS) is 23.4. The number of benzene rings is 3. The molecule has 0 unspecified atom stereocenters. The van der Waals surface area contributed by atoms with E-state index >= 15 is 0 Å². The number of piperidine rings is 1. The van der Waals surface area contributed by atoms with Crippen LogP contribution in [0.4, 0.5) is 11.4 Å². The summed E-state index contributed by atoms with van der Waals surface area (Å²) in [6, 6.07) is 28.8. The summed E-state index contributed by atoms with van der Waals surface area (Å²) >= 11 is 1.44. The first kappa shape index (κ1) is 27.1. The van der Waals surface area contributed by atoms with Gasteiger partial charge in [0.2, 0.25) is 5.91 Å². The highest BCUT2D eigenvalue weighted by Crippen LogP contribution is 2.41. The van der Waals surface area contributed by atoms with E-state index in [-0.39, 0.29) is 28.7 Å². The van der Waals surface area contributed by atoms with Crippen LogP contribution in [-0.4, -0.2) is 55.4 Å². The molecule has 6 nitrogen and oxygen atoms in total. The highest BCUT2D eigenvalue weighted by molar-refractivity contribution is 8.16. The minimum atomic E-state index is -3.11. The Morgan fingerprint density at radius 3 is 2.12 bits per heavy atom. The number of thioether (sulfide) groups is 1. The largest absolute Gasteiger partial charge is 0.372 e. The molecule has 1 amide bonds. The number of anilines is 2. The molecule has 3 aromatic carbocycles. The monoisotopic (exact) mass is 573 g/mol. The zero-order chi connectivity index (χ0) is 27.5. The number of hydrogen-bond donors (Lipinski definition) is 0. The first-order valence-electron chi connectivity index (χ1n) is 14.1. The third-order valence-corrected chi connectivity index (χ3v) is 11.4. The fourth-order valence-electron chi connectivity index (χ4n) is 6.09. The molecule has 6 rings (SSSR count). The standard InChI is InChI=1S/C32H35N3O3S2/c36-31(16-11-24-7-3-1-4-8-24)33-32-35(29-22-40(37,38)23-30(29)39-32)28-14-12-27(13-15-28)34-19-17-26(18-20-34)21-25-9-5-2-6-10-25/h1-10,12-15,26,29-30H,11,16-23H2/t29-,30-/m1/s1. The Kier molecular flexibility index (Phi) is 7.98. The molecule has 40 heavy (non-hydrogen) atoms. The van der Waals surface area contributed by atoms with Gasteiger partial charge in [-0.2, -0.15) is 4.99 Å². The summed E-state index contributed by atoms with van der Waals surface area (Å²) in [5.74, 6) is 0.762. The lowest BCUT2D eigenvalue weighted by molar-refractivity contribution is -0.117. The summed E-state index contributed by atoms with van der Waals surface area (Å²) in [6.07, 6.45) is 4.44. The van der Waals surface area contributed by atoms with Crippen LogP contribution in [0, 0.1) is 5.92 Å². The Morgan fingerprint density at radius 2 is 1.45 bits per heavy atom. The van der Waals surface area contributed by atoms with Gasteiger partial charge in [-0.15, -0.1) is 0 Å². The molecule has 3 aromatic rings. The molecule has 0 aromatic heterocycles. The van der Waals surface area contributed by atoms with Crippen molar-refractivity contribution in [1.82, 2.24) is 0 Å². The molecule has 208 valence electrons. The van der Waals surface area contributed by atoms with Crippen molar-refractivity contribution in [3.63, 3.8) is 0 Å². The van der Waals surface area contributed by atoms with Crippen molar-refractivity contribution in [2.24, 2.45) is 10.9 Å². The van der Waals surface area contributed by atoms with E-state index in [1.54, 1.807) is 0 Å². The highest BCUT2D eigenvalue weighted by Gasteiger charge is 2.49. The van der Waals surface area contributed by atoms with Crippen LogP contribution in [0.15, 0.2) is 89.9 Å². The summed E-state index contributed by atoms with van der Waals surface area (Å²) in [4.78, 5) is 21.8. The minimum Gasteiger partial charge on any atom is -0.372 e. The Hall–Kier alpha value is -3.10. The molecule has 3 heterocycles. The van der Waals surface area contributed by atoms with Gasteiger partial charge in [0.15, 0.2) is 15.0 Å². The van der Waals surface area contributed by atoms with E-state index in [9.17, 15) is 13.2 Å². The molecule has 0 radical (unpaired) electrons. The molecule has 0 aliphatic carbocycles. The molecule has 0 spiro atoms. The Morgan fingerprint density at radius 1 is 0.825 bits per heavy atom. The number of aliphatic imine (C=N–C) groups is 1. The first-order chi connectivity index (χ1) is 19.4. The smallest absolute Gasteiger partial charge is 0.248 e. The van der Waals surface area contributed by atoms with Gasteiger partial charge >= 0.3 is 0 Å². The molecular formula is C32H35N3O3S2. The number of carbonyl (C=O) groups excluding carboxylic acids is 1. The van der Waals surface area contributed by atoms with Gasteiger partial charge in [0, 0.05) is 36.1 Å². The SMILES string of the molecule is O=C(CCc1ccccc1)N=C1S[C@@H]2CS(=O)(=O)C[C@H]2N1c1ccc(N2CCC(Cc3ccccc3)CC2)cc1. The third-order valence-electron chi connectivity index (χ3n) is 8.23. The summed E-state index contributed by atoms with van der Waals surface area (Å²) in [6.45, 7) is 2.06. The fourth-order valence-corrected chi connectivity index (χ4v) is 10.0. The van der Waals surface area contributed by atoms with Gasteiger partial charge in [-0.1, -0.05) is 72.4 Å². The van der Waals surface area contributed by atoms with E-state index in [1.807, 2.05) is 35.2 Å². The lowest BCUT2D eigenvalue weighted by atomic mass is 9.90. The van der Waals surface area contributed by atoms with E-state index in [1.165, 1.54) is 35.9 Å². The van der Waals surface area contributed by atoms with Crippen molar-refractivity contribution in [3.05, 3.63) is 96.1 Å². The maximum Gasteiger partial charge on any atom is 0.248 e. The van der Waals surface area contributed by atoms with E-state index in [2.05, 4.69) is 64.5 Å². The number of amidine groups is 1. The van der Waals surface area contributed by atoms with Crippen LogP contribution in [0.5, 0.6) is 0 Å². The zero-order valence-corrected chi connectivity index (χ0v) is 24.2. The van der Waals surface area contributed by atoms with Crippen LogP contribution >= 0.6 is 11.8 Å². The molecule has 3 saturated heterocycles. The van der Waals surface area contributed by atoms with Gasteiger partial charge < -0.3 is 9.80 Å². The van der Waals surface area contributed by atoms with E-state index < -0.39 is 9.84 Å². The van der Waals surface area contributed by atoms with Crippen molar-refractivity contribution in [2.45, 2.75) is 43.4 Å². The van der Waals surface area contributed by atoms with Gasteiger partial charge in [-0.3, -0.25) is 4.79 Å². The fraction of sp³-hybridized carbons (Fsp3) is 0.375. The number of carbonyl (C=O) groups is 1. The number of nitrogens with zero attached hydrogens (tertiary/aromatic N) is 3. The van der Waals surface area contributed by atoms with Crippen LogP contribution in [0.2, 0.25) is 0 Å². The van der Waals surface area contributed by atoms with Crippen molar-refractivity contribution in [2.75, 3.05) is 34.4 Å². The van der Waals surface area contributed by atoms with Crippen LogP contribution in [0.1, 0.15) is 30.4 Å². The summed E-state index contributed by atoms with van der Waals surface area (Å²) in [5.41, 5.74) is 4.60. The maximum atomic E-state index is 12.8. The average molecular weight is 574 g/mol. The molecule has 3 aliphatic heterocycles. The van der Waals surface area contributed by atoms with Crippen LogP contribution in [0.25, 0.3) is 0 Å². The van der Waals surface area contributed by atoms with Gasteiger partial charge in [-0.05, 0) is 67.0 Å². The molecule has 2 atom stereocenters. The zero-order valence-electron chi connectivity index (χ0n) is 22.6. The predicted octanol–water partition coefficient (Wildman–Crippen LogP) is 5.38. The predicted molar refractivity (Wildman–Crippen MR) is 165 cm³/mol.